The third kappa shape index (κ3) is 3.01. The standard InChI is InChI=1S/C8H8ClNO3/c9-7-2-1-5(4-10-7)6(11)3-8(12)13/h1-2,4,6,11H,3H2,(H,12,13)/t6-/m1/s1. The van der Waals surface area contributed by atoms with Gasteiger partial charge in [-0.25, -0.2) is 4.98 Å². The minimum absolute atomic E-state index is 0.311. The molecule has 0 saturated carbocycles. The second-order valence-electron chi connectivity index (χ2n) is 2.53. The molecule has 0 aliphatic carbocycles. The molecule has 4 nitrogen and oxygen atoms in total. The summed E-state index contributed by atoms with van der Waals surface area (Å²) in [7, 11) is 0. The van der Waals surface area contributed by atoms with Gasteiger partial charge in [0.15, 0.2) is 0 Å². The van der Waals surface area contributed by atoms with Gasteiger partial charge in [-0.3, -0.25) is 4.79 Å². The van der Waals surface area contributed by atoms with Crippen LogP contribution in [-0.4, -0.2) is 21.2 Å². The number of aliphatic hydroxyl groups is 1. The molecule has 0 unspecified atom stereocenters. The average molecular weight is 202 g/mol. The van der Waals surface area contributed by atoms with Gasteiger partial charge in [0.2, 0.25) is 0 Å². The molecule has 0 aliphatic rings. The van der Waals surface area contributed by atoms with Gasteiger partial charge in [-0.1, -0.05) is 17.7 Å². The maximum atomic E-state index is 10.2. The summed E-state index contributed by atoms with van der Waals surface area (Å²) in [6.45, 7) is 0. The van der Waals surface area contributed by atoms with Gasteiger partial charge in [-0.05, 0) is 11.6 Å². The highest BCUT2D eigenvalue weighted by Gasteiger charge is 2.11. The molecule has 0 saturated heterocycles. The lowest BCUT2D eigenvalue weighted by Gasteiger charge is -2.06. The zero-order valence-corrected chi connectivity index (χ0v) is 7.40. The molecule has 0 bridgehead atoms. The van der Waals surface area contributed by atoms with Crippen LogP contribution in [0.4, 0.5) is 0 Å². The third-order valence-corrected chi connectivity index (χ3v) is 1.73. The Labute approximate surface area is 79.8 Å². The predicted molar refractivity (Wildman–Crippen MR) is 46.5 cm³/mol. The molecule has 5 heteroatoms. The van der Waals surface area contributed by atoms with E-state index < -0.39 is 12.1 Å². The van der Waals surface area contributed by atoms with E-state index in [2.05, 4.69) is 4.98 Å². The molecule has 0 aromatic carbocycles. The number of aliphatic hydroxyl groups excluding tert-OH is 1. The van der Waals surface area contributed by atoms with Crippen molar-refractivity contribution in [2.75, 3.05) is 0 Å². The van der Waals surface area contributed by atoms with Crippen LogP contribution in [0.15, 0.2) is 18.3 Å². The molecule has 1 heterocycles. The molecule has 0 radical (unpaired) electrons. The highest BCUT2D eigenvalue weighted by atomic mass is 35.5. The molecule has 0 spiro atoms. The number of carbonyl (C=O) groups is 1. The summed E-state index contributed by atoms with van der Waals surface area (Å²) >= 11 is 5.51. The second-order valence-corrected chi connectivity index (χ2v) is 2.92. The highest BCUT2D eigenvalue weighted by Crippen LogP contribution is 2.16. The first kappa shape index (κ1) is 9.95. The number of rotatable bonds is 3. The molecule has 1 aromatic heterocycles. The largest absolute Gasteiger partial charge is 0.481 e. The Morgan fingerprint density at radius 2 is 2.31 bits per heavy atom. The molecule has 1 aromatic rings. The van der Waals surface area contributed by atoms with Crippen molar-refractivity contribution in [1.29, 1.82) is 0 Å². The predicted octanol–water partition coefficient (Wildman–Crippen LogP) is 1.24. The molecule has 0 aliphatic heterocycles. The quantitative estimate of drug-likeness (QED) is 0.722. The van der Waals surface area contributed by atoms with Gasteiger partial charge in [0.25, 0.3) is 0 Å². The molecule has 1 rings (SSSR count). The molecular formula is C8H8ClNO3. The Balaban J connectivity index is 2.71. The van der Waals surface area contributed by atoms with Crippen molar-refractivity contribution in [3.8, 4) is 0 Å². The van der Waals surface area contributed by atoms with Crippen molar-refractivity contribution in [1.82, 2.24) is 4.98 Å². The number of hydrogen-bond acceptors (Lipinski definition) is 3. The van der Waals surface area contributed by atoms with Crippen LogP contribution in [0.25, 0.3) is 0 Å². The smallest absolute Gasteiger partial charge is 0.306 e. The Hall–Kier alpha value is -1.13. The zero-order valence-electron chi connectivity index (χ0n) is 6.64. The third-order valence-electron chi connectivity index (χ3n) is 1.50. The molecule has 13 heavy (non-hydrogen) atoms. The van der Waals surface area contributed by atoms with Crippen LogP contribution in [0.3, 0.4) is 0 Å². The molecule has 70 valence electrons. The lowest BCUT2D eigenvalue weighted by molar-refractivity contribution is -0.139. The fourth-order valence-electron chi connectivity index (χ4n) is 0.868. The summed E-state index contributed by atoms with van der Waals surface area (Å²) in [4.78, 5) is 14.0. The fourth-order valence-corrected chi connectivity index (χ4v) is 0.979. The van der Waals surface area contributed by atoms with Gasteiger partial charge in [-0.2, -0.15) is 0 Å². The normalized spacial score (nSPS) is 12.5. The monoisotopic (exact) mass is 201 g/mol. The molecule has 0 fully saturated rings. The van der Waals surface area contributed by atoms with E-state index in [-0.39, 0.29) is 6.42 Å². The second kappa shape index (κ2) is 4.20. The maximum absolute atomic E-state index is 10.2. The average Bonchev–Trinajstić information content (AvgIpc) is 2.04. The van der Waals surface area contributed by atoms with Crippen molar-refractivity contribution in [2.45, 2.75) is 12.5 Å². The number of aromatic nitrogens is 1. The van der Waals surface area contributed by atoms with Gasteiger partial charge < -0.3 is 10.2 Å². The van der Waals surface area contributed by atoms with Crippen LogP contribution in [-0.2, 0) is 4.79 Å². The summed E-state index contributed by atoms with van der Waals surface area (Å²) < 4.78 is 0. The summed E-state index contributed by atoms with van der Waals surface area (Å²) in [5, 5.41) is 18.0. The van der Waals surface area contributed by atoms with Crippen molar-refractivity contribution < 1.29 is 15.0 Å². The SMILES string of the molecule is O=C(O)C[C@@H](O)c1ccc(Cl)nc1. The number of aliphatic carboxylic acids is 1. The van der Waals surface area contributed by atoms with E-state index in [1.165, 1.54) is 12.3 Å². The number of carboxylic acids is 1. The molecule has 2 N–H and O–H groups in total. The van der Waals surface area contributed by atoms with E-state index in [4.69, 9.17) is 16.7 Å². The fraction of sp³-hybridized carbons (Fsp3) is 0.250. The van der Waals surface area contributed by atoms with Crippen LogP contribution in [0.1, 0.15) is 18.1 Å². The highest BCUT2D eigenvalue weighted by molar-refractivity contribution is 6.29. The Bertz CT molecular complexity index is 299. The van der Waals surface area contributed by atoms with E-state index in [0.29, 0.717) is 10.7 Å². The van der Waals surface area contributed by atoms with Gasteiger partial charge in [0.05, 0.1) is 12.5 Å². The number of pyridine rings is 1. The summed E-state index contributed by atoms with van der Waals surface area (Å²) in [5.41, 5.74) is 0.451. The molecule has 0 amide bonds. The first-order valence-corrected chi connectivity index (χ1v) is 3.98. The number of hydrogen-bond donors (Lipinski definition) is 2. The Kier molecular flexibility index (Phi) is 3.22. The van der Waals surface area contributed by atoms with Gasteiger partial charge >= 0.3 is 5.97 Å². The van der Waals surface area contributed by atoms with E-state index >= 15 is 0 Å². The van der Waals surface area contributed by atoms with E-state index in [9.17, 15) is 9.90 Å². The first-order chi connectivity index (χ1) is 6.09. The first-order valence-electron chi connectivity index (χ1n) is 3.61. The van der Waals surface area contributed by atoms with Crippen LogP contribution in [0, 0.1) is 0 Å². The van der Waals surface area contributed by atoms with E-state index in [1.54, 1.807) is 6.07 Å². The van der Waals surface area contributed by atoms with E-state index in [1.807, 2.05) is 0 Å². The van der Waals surface area contributed by atoms with Crippen LogP contribution in [0.5, 0.6) is 0 Å². The molecular weight excluding hydrogens is 194 g/mol. The number of carboxylic acid groups (broad SMARTS) is 1. The van der Waals surface area contributed by atoms with Crippen molar-refractivity contribution in [2.24, 2.45) is 0 Å². The summed E-state index contributed by atoms with van der Waals surface area (Å²) in [6, 6.07) is 3.05. The lowest BCUT2D eigenvalue weighted by Crippen LogP contribution is -2.05. The van der Waals surface area contributed by atoms with Gasteiger partial charge in [-0.15, -0.1) is 0 Å². The zero-order chi connectivity index (χ0) is 9.84. The number of nitrogens with zero attached hydrogens (tertiary/aromatic N) is 1. The van der Waals surface area contributed by atoms with Crippen molar-refractivity contribution in [3.63, 3.8) is 0 Å². The maximum Gasteiger partial charge on any atom is 0.306 e. The Morgan fingerprint density at radius 1 is 1.62 bits per heavy atom. The summed E-state index contributed by atoms with van der Waals surface area (Å²) in [5.74, 6) is -1.05. The van der Waals surface area contributed by atoms with Crippen molar-refractivity contribution >= 4 is 17.6 Å². The number of halogens is 1. The summed E-state index contributed by atoms with van der Waals surface area (Å²) in [6.07, 6.45) is 0.00136. The van der Waals surface area contributed by atoms with E-state index in [0.717, 1.165) is 0 Å². The minimum Gasteiger partial charge on any atom is -0.481 e. The van der Waals surface area contributed by atoms with Crippen LogP contribution < -0.4 is 0 Å². The van der Waals surface area contributed by atoms with Gasteiger partial charge in [0.1, 0.15) is 5.15 Å². The van der Waals surface area contributed by atoms with Crippen molar-refractivity contribution in [3.05, 3.63) is 29.0 Å². The van der Waals surface area contributed by atoms with Crippen LogP contribution in [0.2, 0.25) is 5.15 Å². The van der Waals surface area contributed by atoms with Gasteiger partial charge in [0, 0.05) is 6.20 Å². The van der Waals surface area contributed by atoms with Crippen LogP contribution >= 0.6 is 11.6 Å². The lowest BCUT2D eigenvalue weighted by atomic mass is 10.1. The minimum atomic E-state index is -1.05. The Morgan fingerprint density at radius 3 is 2.77 bits per heavy atom. The molecule has 1 atom stereocenters. The topological polar surface area (TPSA) is 70.4 Å².